The first-order valence-electron chi connectivity index (χ1n) is 8.04. The third kappa shape index (κ3) is 4.88. The zero-order valence-corrected chi connectivity index (χ0v) is 15.3. The molecule has 0 aliphatic heterocycles. The summed E-state index contributed by atoms with van der Waals surface area (Å²) in [7, 11) is -5.51. The molecule has 150 valence electrons. The van der Waals surface area contributed by atoms with Crippen LogP contribution in [-0.4, -0.2) is 29.8 Å². The average Bonchev–Trinajstić information content (AvgIpc) is 2.69. The first-order chi connectivity index (χ1) is 13.7. The van der Waals surface area contributed by atoms with Crippen molar-refractivity contribution in [3.8, 4) is 11.4 Å². The largest absolute Gasteiger partial charge is 0.516 e. The predicted molar refractivity (Wildman–Crippen MR) is 100 cm³/mol. The number of carbonyl (C=O) groups is 1. The minimum atomic E-state index is -5.51. The van der Waals surface area contributed by atoms with E-state index in [9.17, 15) is 26.4 Å². The zero-order chi connectivity index (χ0) is 21.1. The number of rotatable bonds is 5. The number of hydrogen-bond donors (Lipinski definition) is 2. The molecule has 0 atom stereocenters. The van der Waals surface area contributed by atoms with Crippen LogP contribution in [0.25, 0.3) is 11.4 Å². The van der Waals surface area contributed by atoms with Gasteiger partial charge in [0.05, 0.1) is 5.56 Å². The number of nitrogens with zero attached hydrogens (tertiary/aromatic N) is 2. The standard InChI is InChI=1S/C18H13F3N4O3S/c19-18(20,21)29(27,28)25-15-8-6-14(7-9-15)24-17(26)13-10-22-16(23-11-13)12-4-2-1-3-5-12/h1-11,25H,(H,24,26). The van der Waals surface area contributed by atoms with Gasteiger partial charge in [0, 0.05) is 29.3 Å². The molecular weight excluding hydrogens is 409 g/mol. The Balaban J connectivity index is 1.66. The fraction of sp³-hybridized carbons (Fsp3) is 0.0556. The monoisotopic (exact) mass is 422 g/mol. The molecule has 3 aromatic rings. The molecule has 3 rings (SSSR count). The van der Waals surface area contributed by atoms with Gasteiger partial charge in [-0.15, -0.1) is 0 Å². The summed E-state index contributed by atoms with van der Waals surface area (Å²) in [6.07, 6.45) is 2.69. The number of sulfonamides is 1. The molecule has 7 nitrogen and oxygen atoms in total. The van der Waals surface area contributed by atoms with Crippen LogP contribution in [-0.2, 0) is 10.0 Å². The minimum Gasteiger partial charge on any atom is -0.322 e. The molecule has 2 aromatic carbocycles. The van der Waals surface area contributed by atoms with Gasteiger partial charge in [0.25, 0.3) is 5.91 Å². The quantitative estimate of drug-likeness (QED) is 0.654. The van der Waals surface area contributed by atoms with Gasteiger partial charge in [0.2, 0.25) is 0 Å². The summed E-state index contributed by atoms with van der Waals surface area (Å²) < 4.78 is 60.7. The lowest BCUT2D eigenvalue weighted by Gasteiger charge is -2.11. The summed E-state index contributed by atoms with van der Waals surface area (Å²) in [5.41, 5.74) is -4.51. The van der Waals surface area contributed by atoms with E-state index in [4.69, 9.17) is 0 Å². The Morgan fingerprint density at radius 3 is 1.97 bits per heavy atom. The molecule has 0 unspecified atom stereocenters. The van der Waals surface area contributed by atoms with Crippen LogP contribution in [0.3, 0.4) is 0 Å². The molecule has 0 aliphatic carbocycles. The third-order valence-corrected chi connectivity index (χ3v) is 4.76. The highest BCUT2D eigenvalue weighted by Crippen LogP contribution is 2.26. The summed E-state index contributed by atoms with van der Waals surface area (Å²) in [4.78, 5) is 20.5. The molecule has 0 fully saturated rings. The van der Waals surface area contributed by atoms with Gasteiger partial charge in [-0.3, -0.25) is 9.52 Å². The molecule has 2 N–H and O–H groups in total. The smallest absolute Gasteiger partial charge is 0.322 e. The van der Waals surface area contributed by atoms with Crippen LogP contribution < -0.4 is 10.0 Å². The molecule has 0 saturated carbocycles. The van der Waals surface area contributed by atoms with Gasteiger partial charge in [-0.25, -0.2) is 9.97 Å². The average molecular weight is 422 g/mol. The molecule has 0 saturated heterocycles. The second-order valence-electron chi connectivity index (χ2n) is 5.74. The molecule has 11 heteroatoms. The number of amides is 1. The van der Waals surface area contributed by atoms with Crippen molar-refractivity contribution in [1.29, 1.82) is 0 Å². The molecule has 0 bridgehead atoms. The van der Waals surface area contributed by atoms with E-state index in [1.54, 1.807) is 0 Å². The van der Waals surface area contributed by atoms with Crippen LogP contribution in [0.2, 0.25) is 0 Å². The minimum absolute atomic E-state index is 0.173. The van der Waals surface area contributed by atoms with E-state index < -0.39 is 21.4 Å². The molecule has 0 spiro atoms. The summed E-state index contributed by atoms with van der Waals surface area (Å²) in [5, 5.41) is 2.52. The normalized spacial score (nSPS) is 11.7. The maximum atomic E-state index is 12.4. The number of nitrogens with one attached hydrogen (secondary N) is 2. The van der Waals surface area contributed by atoms with Crippen molar-refractivity contribution in [3.05, 3.63) is 72.6 Å². The van der Waals surface area contributed by atoms with E-state index in [0.29, 0.717) is 5.82 Å². The van der Waals surface area contributed by atoms with Gasteiger partial charge in [-0.1, -0.05) is 30.3 Å². The Kier molecular flexibility index (Phi) is 5.50. The SMILES string of the molecule is O=C(Nc1ccc(NS(=O)(=O)C(F)(F)F)cc1)c1cnc(-c2ccccc2)nc1. The van der Waals surface area contributed by atoms with Crippen molar-refractivity contribution in [2.75, 3.05) is 10.0 Å². The number of benzene rings is 2. The fourth-order valence-corrected chi connectivity index (χ4v) is 2.78. The number of hydrogen-bond acceptors (Lipinski definition) is 5. The first-order valence-corrected chi connectivity index (χ1v) is 9.52. The Labute approximate surface area is 163 Å². The summed E-state index contributed by atoms with van der Waals surface area (Å²) in [6, 6.07) is 13.9. The van der Waals surface area contributed by atoms with Crippen molar-refractivity contribution in [2.45, 2.75) is 5.51 Å². The van der Waals surface area contributed by atoms with E-state index in [2.05, 4.69) is 15.3 Å². The lowest BCUT2D eigenvalue weighted by molar-refractivity contribution is -0.0429. The van der Waals surface area contributed by atoms with E-state index in [-0.39, 0.29) is 16.9 Å². The Morgan fingerprint density at radius 1 is 0.862 bits per heavy atom. The van der Waals surface area contributed by atoms with E-state index in [0.717, 1.165) is 17.7 Å². The molecule has 0 aliphatic rings. The number of alkyl halides is 3. The van der Waals surface area contributed by atoms with E-state index >= 15 is 0 Å². The van der Waals surface area contributed by atoms with Gasteiger partial charge < -0.3 is 5.32 Å². The van der Waals surface area contributed by atoms with E-state index in [1.807, 2.05) is 30.3 Å². The second kappa shape index (κ2) is 7.87. The van der Waals surface area contributed by atoms with Crippen LogP contribution in [0, 0.1) is 0 Å². The van der Waals surface area contributed by atoms with Gasteiger partial charge in [0.1, 0.15) is 0 Å². The number of aromatic nitrogens is 2. The second-order valence-corrected chi connectivity index (χ2v) is 7.42. The van der Waals surface area contributed by atoms with Crippen molar-refractivity contribution in [2.24, 2.45) is 0 Å². The summed E-state index contributed by atoms with van der Waals surface area (Å²) in [5.74, 6) is -0.0864. The number of anilines is 2. The highest BCUT2D eigenvalue weighted by atomic mass is 32.2. The lowest BCUT2D eigenvalue weighted by Crippen LogP contribution is -2.29. The van der Waals surface area contributed by atoms with Gasteiger partial charge in [-0.05, 0) is 24.3 Å². The van der Waals surface area contributed by atoms with Crippen molar-refractivity contribution >= 4 is 27.3 Å². The number of carbonyl (C=O) groups excluding carboxylic acids is 1. The van der Waals surface area contributed by atoms with Crippen LogP contribution in [0.15, 0.2) is 67.0 Å². The molecule has 1 heterocycles. The molecule has 1 aromatic heterocycles. The lowest BCUT2D eigenvalue weighted by atomic mass is 10.2. The van der Waals surface area contributed by atoms with Crippen LogP contribution >= 0.6 is 0 Å². The maximum absolute atomic E-state index is 12.4. The Hall–Kier alpha value is -3.47. The van der Waals surface area contributed by atoms with Gasteiger partial charge in [-0.2, -0.15) is 21.6 Å². The molecular formula is C18H13F3N4O3S. The highest BCUT2D eigenvalue weighted by molar-refractivity contribution is 7.93. The van der Waals surface area contributed by atoms with Gasteiger partial charge >= 0.3 is 15.5 Å². The summed E-state index contributed by atoms with van der Waals surface area (Å²) in [6.45, 7) is 0. The third-order valence-electron chi connectivity index (χ3n) is 3.65. The Morgan fingerprint density at radius 2 is 1.41 bits per heavy atom. The highest BCUT2D eigenvalue weighted by Gasteiger charge is 2.46. The van der Waals surface area contributed by atoms with Crippen molar-refractivity contribution in [1.82, 2.24) is 9.97 Å². The molecule has 1 amide bonds. The Bertz CT molecular complexity index is 1100. The fourth-order valence-electron chi connectivity index (χ4n) is 2.22. The summed E-state index contributed by atoms with van der Waals surface area (Å²) >= 11 is 0. The first kappa shape index (κ1) is 20.3. The topological polar surface area (TPSA) is 101 Å². The molecule has 0 radical (unpaired) electrons. The van der Waals surface area contributed by atoms with Crippen LogP contribution in [0.1, 0.15) is 10.4 Å². The number of halogens is 3. The zero-order valence-electron chi connectivity index (χ0n) is 14.5. The maximum Gasteiger partial charge on any atom is 0.516 e. The van der Waals surface area contributed by atoms with Crippen LogP contribution in [0.5, 0.6) is 0 Å². The predicted octanol–water partition coefficient (Wildman–Crippen LogP) is 3.66. The van der Waals surface area contributed by atoms with Gasteiger partial charge in [0.15, 0.2) is 5.82 Å². The molecule has 29 heavy (non-hydrogen) atoms. The van der Waals surface area contributed by atoms with Crippen molar-refractivity contribution in [3.63, 3.8) is 0 Å². The van der Waals surface area contributed by atoms with Crippen LogP contribution in [0.4, 0.5) is 24.5 Å². The van der Waals surface area contributed by atoms with E-state index in [1.165, 1.54) is 29.2 Å². The van der Waals surface area contributed by atoms with Crippen molar-refractivity contribution < 1.29 is 26.4 Å².